The predicted molar refractivity (Wildman–Crippen MR) is 113 cm³/mol. The van der Waals surface area contributed by atoms with Gasteiger partial charge in [0.2, 0.25) is 5.91 Å². The molecule has 2 aliphatic rings. The minimum Gasteiger partial charge on any atom is -0.350 e. The van der Waals surface area contributed by atoms with Gasteiger partial charge < -0.3 is 5.32 Å². The molecule has 0 aliphatic heterocycles. The number of fused-ring (bicyclic) bond motifs is 6. The fourth-order valence-corrected chi connectivity index (χ4v) is 5.52. The van der Waals surface area contributed by atoms with Gasteiger partial charge in [-0.1, -0.05) is 43.1 Å². The normalized spacial score (nSPS) is 23.9. The number of aromatic nitrogens is 3. The van der Waals surface area contributed by atoms with Crippen molar-refractivity contribution in [2.45, 2.75) is 44.6 Å². The molecular formula is C22H20Cl2N4O. The Hall–Kier alpha value is -2.24. The van der Waals surface area contributed by atoms with E-state index in [1.807, 2.05) is 18.2 Å². The molecule has 2 unspecified atom stereocenters. The van der Waals surface area contributed by atoms with Crippen LogP contribution in [0.2, 0.25) is 10.0 Å². The molecule has 0 saturated heterocycles. The molecular weight excluding hydrogens is 407 g/mol. The van der Waals surface area contributed by atoms with Gasteiger partial charge >= 0.3 is 0 Å². The molecule has 0 spiro atoms. The Bertz CT molecular complexity index is 1150. The molecule has 2 heterocycles. The van der Waals surface area contributed by atoms with Gasteiger partial charge in [0, 0.05) is 12.1 Å². The van der Waals surface area contributed by atoms with Crippen molar-refractivity contribution in [1.29, 1.82) is 0 Å². The molecule has 29 heavy (non-hydrogen) atoms. The van der Waals surface area contributed by atoms with Crippen LogP contribution in [-0.2, 0) is 16.8 Å². The Morgan fingerprint density at radius 2 is 1.90 bits per heavy atom. The maximum absolute atomic E-state index is 13.6. The lowest BCUT2D eigenvalue weighted by molar-refractivity contribution is -0.130. The zero-order valence-corrected chi connectivity index (χ0v) is 17.7. The monoisotopic (exact) mass is 426 g/mol. The molecule has 1 amide bonds. The first-order valence-corrected chi connectivity index (χ1v) is 10.5. The lowest BCUT2D eigenvalue weighted by Gasteiger charge is -2.36. The van der Waals surface area contributed by atoms with Crippen molar-refractivity contribution >= 4 is 40.1 Å². The van der Waals surface area contributed by atoms with Crippen molar-refractivity contribution in [3.8, 4) is 0 Å². The van der Waals surface area contributed by atoms with Crippen molar-refractivity contribution in [2.24, 2.45) is 5.41 Å². The third-order valence-corrected chi connectivity index (χ3v) is 7.51. The lowest BCUT2D eigenvalue weighted by Crippen LogP contribution is -2.49. The van der Waals surface area contributed by atoms with Crippen LogP contribution in [0.25, 0.3) is 11.0 Å². The van der Waals surface area contributed by atoms with Crippen molar-refractivity contribution in [2.75, 3.05) is 0 Å². The van der Waals surface area contributed by atoms with Crippen molar-refractivity contribution in [3.63, 3.8) is 0 Å². The Labute approximate surface area is 178 Å². The van der Waals surface area contributed by atoms with Crippen LogP contribution in [0.15, 0.2) is 36.5 Å². The number of carbonyl (C=O) groups excluding carboxylic acids is 1. The number of carbonyl (C=O) groups is 1. The number of hydrogen-bond acceptors (Lipinski definition) is 4. The number of hydrogen-bond donors (Lipinski definition) is 1. The third kappa shape index (κ3) is 2.53. The van der Waals surface area contributed by atoms with Gasteiger partial charge in [0.1, 0.15) is 0 Å². The highest BCUT2D eigenvalue weighted by atomic mass is 35.5. The standard InChI is InChI=1S/C22H20Cl2N4O/c1-21(2)13-6-7-22(21,20(29)26-11-12-5-3-4-8-25-12)19-18(13)27-16-9-14(23)15(24)10-17(16)28-19/h3-5,8-10,13H,6-7,11H2,1-2H3,(H,26,29). The molecule has 1 N–H and O–H groups in total. The van der Waals surface area contributed by atoms with Gasteiger partial charge in [-0.05, 0) is 42.5 Å². The number of nitrogens with zero attached hydrogens (tertiary/aromatic N) is 3. The van der Waals surface area contributed by atoms with E-state index in [1.165, 1.54) is 0 Å². The summed E-state index contributed by atoms with van der Waals surface area (Å²) in [6.45, 7) is 4.69. The minimum absolute atomic E-state index is 0.0110. The van der Waals surface area contributed by atoms with Gasteiger partial charge in [-0.2, -0.15) is 0 Å². The first kappa shape index (κ1) is 18.8. The summed E-state index contributed by atoms with van der Waals surface area (Å²) >= 11 is 12.4. The van der Waals surface area contributed by atoms with Crippen LogP contribution < -0.4 is 5.32 Å². The summed E-state index contributed by atoms with van der Waals surface area (Å²) in [4.78, 5) is 27.7. The highest BCUT2D eigenvalue weighted by Crippen LogP contribution is 2.67. The maximum atomic E-state index is 13.6. The molecule has 3 aromatic rings. The zero-order chi connectivity index (χ0) is 20.4. The van der Waals surface area contributed by atoms with Crippen LogP contribution in [-0.4, -0.2) is 20.9 Å². The largest absolute Gasteiger partial charge is 0.350 e. The van der Waals surface area contributed by atoms with Crippen LogP contribution in [0.3, 0.4) is 0 Å². The second kappa shape index (κ2) is 6.38. The highest BCUT2D eigenvalue weighted by Gasteiger charge is 2.67. The molecule has 5 nitrogen and oxygen atoms in total. The van der Waals surface area contributed by atoms with E-state index in [4.69, 9.17) is 33.2 Å². The zero-order valence-electron chi connectivity index (χ0n) is 16.2. The third-order valence-electron chi connectivity index (χ3n) is 6.79. The molecule has 2 atom stereocenters. The second-order valence-corrected chi connectivity index (χ2v) is 9.25. The van der Waals surface area contributed by atoms with Gasteiger partial charge in [0.25, 0.3) is 0 Å². The summed E-state index contributed by atoms with van der Waals surface area (Å²) in [6, 6.07) is 9.16. The summed E-state index contributed by atoms with van der Waals surface area (Å²) < 4.78 is 0. The fourth-order valence-electron chi connectivity index (χ4n) is 5.20. The van der Waals surface area contributed by atoms with Crippen molar-refractivity contribution in [3.05, 3.63) is 63.7 Å². The molecule has 2 aromatic heterocycles. The maximum Gasteiger partial charge on any atom is 0.233 e. The average Bonchev–Trinajstić information content (AvgIpc) is 3.08. The van der Waals surface area contributed by atoms with Crippen LogP contribution in [0.4, 0.5) is 0 Å². The number of nitrogens with one attached hydrogen (secondary N) is 1. The molecule has 1 aromatic carbocycles. The van der Waals surface area contributed by atoms with E-state index in [9.17, 15) is 4.79 Å². The fraction of sp³-hybridized carbons (Fsp3) is 0.364. The summed E-state index contributed by atoms with van der Waals surface area (Å²) in [6.07, 6.45) is 3.40. The number of halogens is 2. The molecule has 7 heteroatoms. The average molecular weight is 427 g/mol. The summed E-state index contributed by atoms with van der Waals surface area (Å²) in [5.74, 6) is 0.174. The number of benzene rings is 1. The minimum atomic E-state index is -0.713. The molecule has 0 radical (unpaired) electrons. The first-order chi connectivity index (χ1) is 13.8. The second-order valence-electron chi connectivity index (χ2n) is 8.43. The van der Waals surface area contributed by atoms with E-state index < -0.39 is 5.41 Å². The van der Waals surface area contributed by atoms with E-state index >= 15 is 0 Å². The molecule has 2 aliphatic carbocycles. The Balaban J connectivity index is 1.60. The molecule has 1 saturated carbocycles. The van der Waals surface area contributed by atoms with E-state index in [0.29, 0.717) is 27.6 Å². The summed E-state index contributed by atoms with van der Waals surface area (Å²) in [5.41, 5.74) is 2.91. The molecule has 5 rings (SSSR count). The number of rotatable bonds is 3. The molecule has 2 bridgehead atoms. The van der Waals surface area contributed by atoms with Gasteiger partial charge in [-0.15, -0.1) is 0 Å². The lowest BCUT2D eigenvalue weighted by atomic mass is 9.67. The molecule has 148 valence electrons. The number of amides is 1. The predicted octanol–water partition coefficient (Wildman–Crippen LogP) is 4.80. The van der Waals surface area contributed by atoms with Crippen molar-refractivity contribution < 1.29 is 4.79 Å². The summed E-state index contributed by atoms with van der Waals surface area (Å²) in [7, 11) is 0. The smallest absolute Gasteiger partial charge is 0.233 e. The Morgan fingerprint density at radius 1 is 1.17 bits per heavy atom. The highest BCUT2D eigenvalue weighted by molar-refractivity contribution is 6.42. The van der Waals surface area contributed by atoms with Crippen LogP contribution in [0.5, 0.6) is 0 Å². The molecule has 1 fully saturated rings. The summed E-state index contributed by atoms with van der Waals surface area (Å²) in [5, 5.41) is 4.00. The van der Waals surface area contributed by atoms with Gasteiger partial charge in [0.15, 0.2) is 0 Å². The Morgan fingerprint density at radius 3 is 2.59 bits per heavy atom. The quantitative estimate of drug-likeness (QED) is 0.652. The SMILES string of the molecule is CC1(C)C2CCC1(C(=O)NCc1ccccn1)c1nc3cc(Cl)c(Cl)cc3nc12. The first-order valence-electron chi connectivity index (χ1n) is 9.70. The van der Waals surface area contributed by atoms with E-state index in [0.717, 1.165) is 29.9 Å². The topological polar surface area (TPSA) is 67.8 Å². The Kier molecular flexibility index (Phi) is 4.13. The van der Waals surface area contributed by atoms with Crippen molar-refractivity contribution in [1.82, 2.24) is 20.3 Å². The number of pyridine rings is 1. The van der Waals surface area contributed by atoms with Crippen LogP contribution in [0.1, 0.15) is 49.7 Å². The van der Waals surface area contributed by atoms with E-state index in [2.05, 4.69) is 24.1 Å². The van der Waals surface area contributed by atoms with E-state index in [-0.39, 0.29) is 17.2 Å². The van der Waals surface area contributed by atoms with Gasteiger partial charge in [-0.3, -0.25) is 9.78 Å². The van der Waals surface area contributed by atoms with Gasteiger partial charge in [-0.25, -0.2) is 9.97 Å². The van der Waals surface area contributed by atoms with E-state index in [1.54, 1.807) is 18.3 Å². The van der Waals surface area contributed by atoms with Crippen LogP contribution >= 0.6 is 23.2 Å². The van der Waals surface area contributed by atoms with Crippen LogP contribution in [0, 0.1) is 5.41 Å². The van der Waals surface area contributed by atoms with Gasteiger partial charge in [0.05, 0.1) is 50.1 Å².